The lowest BCUT2D eigenvalue weighted by atomic mass is 9.99. The Bertz CT molecular complexity index is 829. The molecule has 3 heterocycles. The van der Waals surface area contributed by atoms with Crippen LogP contribution in [0.25, 0.3) is 10.8 Å². The lowest BCUT2D eigenvalue weighted by Crippen LogP contribution is -2.29. The van der Waals surface area contributed by atoms with Gasteiger partial charge in [0.05, 0.1) is 11.4 Å². The van der Waals surface area contributed by atoms with Crippen LogP contribution in [0.1, 0.15) is 23.4 Å². The second kappa shape index (κ2) is 6.87. The van der Waals surface area contributed by atoms with E-state index in [4.69, 9.17) is 15.1 Å². The fraction of sp³-hybridized carbons (Fsp3) is 0.278. The average molecular weight is 362 g/mol. The van der Waals surface area contributed by atoms with Crippen molar-refractivity contribution >= 4 is 35.1 Å². The molecule has 0 spiro atoms. The van der Waals surface area contributed by atoms with Crippen molar-refractivity contribution in [2.45, 2.75) is 26.3 Å². The number of benzene rings is 1. The topological polar surface area (TPSA) is 55.3 Å². The van der Waals surface area contributed by atoms with Gasteiger partial charge >= 0.3 is 0 Å². The third-order valence-electron chi connectivity index (χ3n) is 4.35. The third kappa shape index (κ3) is 3.01. The molecule has 0 aliphatic carbocycles. The van der Waals surface area contributed by atoms with E-state index < -0.39 is 0 Å². The summed E-state index contributed by atoms with van der Waals surface area (Å²) >= 11 is 1.65. The second-order valence-electron chi connectivity index (χ2n) is 5.87. The zero-order chi connectivity index (χ0) is 15.8. The van der Waals surface area contributed by atoms with Gasteiger partial charge in [-0.25, -0.2) is 4.98 Å². The van der Waals surface area contributed by atoms with Gasteiger partial charge in [-0.1, -0.05) is 12.1 Å². The molecule has 2 aromatic heterocycles. The maximum atomic E-state index is 6.14. The zero-order valence-electron chi connectivity index (χ0n) is 13.5. The Balaban J connectivity index is 0.00000169. The minimum atomic E-state index is 0. The summed E-state index contributed by atoms with van der Waals surface area (Å²) in [6, 6.07) is 10.2. The fourth-order valence-electron chi connectivity index (χ4n) is 3.15. The average Bonchev–Trinajstić information content (AvgIpc) is 3.19. The first kappa shape index (κ1) is 16.9. The van der Waals surface area contributed by atoms with E-state index in [1.165, 1.54) is 11.3 Å². The quantitative estimate of drug-likeness (QED) is 0.689. The van der Waals surface area contributed by atoms with Crippen LogP contribution in [-0.2, 0) is 13.0 Å². The number of nitrogens with two attached hydrogens (primary N) is 1. The second-order valence-corrected chi connectivity index (χ2v) is 6.82. The van der Waals surface area contributed by atoms with Crippen LogP contribution in [-0.4, -0.2) is 11.5 Å². The molecule has 0 saturated heterocycles. The Morgan fingerprint density at radius 2 is 2.17 bits per heavy atom. The van der Waals surface area contributed by atoms with Crippen molar-refractivity contribution in [2.75, 3.05) is 17.2 Å². The monoisotopic (exact) mass is 361 g/mol. The number of aryl methyl sites for hydroxylation is 1. The molecule has 1 aliphatic heterocycles. The minimum absolute atomic E-state index is 0. The predicted octanol–water partition coefficient (Wildman–Crippen LogP) is 4.67. The largest absolute Gasteiger partial charge is 0.440 e. The molecule has 0 atom stereocenters. The number of nitrogens with zero attached hydrogens (tertiary/aromatic N) is 2. The fourth-order valence-corrected chi connectivity index (χ4v) is 3.80. The third-order valence-corrected chi connectivity index (χ3v) is 5.21. The van der Waals surface area contributed by atoms with Gasteiger partial charge in [0, 0.05) is 17.9 Å². The lowest BCUT2D eigenvalue weighted by molar-refractivity contribution is 0.539. The van der Waals surface area contributed by atoms with Gasteiger partial charge in [-0.15, -0.1) is 23.7 Å². The highest BCUT2D eigenvalue weighted by Gasteiger charge is 2.21. The van der Waals surface area contributed by atoms with Crippen molar-refractivity contribution in [3.05, 3.63) is 52.7 Å². The number of fused-ring (bicyclic) bond motifs is 1. The van der Waals surface area contributed by atoms with Crippen LogP contribution in [0.4, 0.5) is 11.4 Å². The Morgan fingerprint density at radius 1 is 1.29 bits per heavy atom. The molecule has 24 heavy (non-hydrogen) atoms. The van der Waals surface area contributed by atoms with E-state index in [2.05, 4.69) is 11.0 Å². The minimum Gasteiger partial charge on any atom is -0.440 e. The number of nitrogen functional groups attached to an aromatic ring is 1. The van der Waals surface area contributed by atoms with Crippen LogP contribution >= 0.6 is 23.7 Å². The van der Waals surface area contributed by atoms with Crippen LogP contribution in [0, 0.1) is 6.92 Å². The number of anilines is 2. The van der Waals surface area contributed by atoms with E-state index in [1.807, 2.05) is 36.6 Å². The zero-order valence-corrected chi connectivity index (χ0v) is 15.1. The molecule has 6 heteroatoms. The summed E-state index contributed by atoms with van der Waals surface area (Å²) in [4.78, 5) is 8.14. The predicted molar refractivity (Wildman–Crippen MR) is 102 cm³/mol. The molecular formula is C18H20ClN3OS. The highest BCUT2D eigenvalue weighted by Crippen LogP contribution is 2.33. The molecule has 0 bridgehead atoms. The van der Waals surface area contributed by atoms with Crippen molar-refractivity contribution < 1.29 is 4.42 Å². The number of hydrogen-bond acceptors (Lipinski definition) is 5. The molecule has 2 N–H and O–H groups in total. The Labute approximate surface area is 151 Å². The van der Waals surface area contributed by atoms with E-state index in [-0.39, 0.29) is 12.4 Å². The highest BCUT2D eigenvalue weighted by atomic mass is 35.5. The smallest absolute Gasteiger partial charge is 0.236 e. The number of rotatable bonds is 3. The van der Waals surface area contributed by atoms with Gasteiger partial charge < -0.3 is 15.1 Å². The maximum absolute atomic E-state index is 6.14. The lowest BCUT2D eigenvalue weighted by Gasteiger charge is -2.31. The summed E-state index contributed by atoms with van der Waals surface area (Å²) in [6.07, 6.45) is 2.17. The van der Waals surface area contributed by atoms with Gasteiger partial charge in [0.1, 0.15) is 11.5 Å². The molecule has 1 aliphatic rings. The molecule has 0 unspecified atom stereocenters. The molecule has 0 fully saturated rings. The summed E-state index contributed by atoms with van der Waals surface area (Å²) in [5.74, 6) is 1.61. The molecule has 0 saturated carbocycles. The summed E-state index contributed by atoms with van der Waals surface area (Å²) < 4.78 is 5.86. The van der Waals surface area contributed by atoms with Crippen LogP contribution in [0.2, 0.25) is 0 Å². The summed E-state index contributed by atoms with van der Waals surface area (Å²) in [6.45, 7) is 3.78. The summed E-state index contributed by atoms with van der Waals surface area (Å²) in [5, 5.41) is 2.04. The van der Waals surface area contributed by atoms with E-state index in [1.54, 1.807) is 11.3 Å². The molecule has 4 nitrogen and oxygen atoms in total. The van der Waals surface area contributed by atoms with Crippen molar-refractivity contribution in [1.82, 2.24) is 4.98 Å². The first-order valence-corrected chi connectivity index (χ1v) is 8.73. The number of aromatic nitrogens is 1. The molecule has 0 radical (unpaired) electrons. The van der Waals surface area contributed by atoms with Gasteiger partial charge in [-0.3, -0.25) is 0 Å². The standard InChI is InChI=1S/C18H19N3OS.ClH/c1-12-15(20-18(22-12)17-8-4-10-23-17)11-21-9-3-5-13-14(19)6-2-7-16(13)21;/h2,4,6-8,10H,3,5,9,11,19H2,1H3;1H. The number of hydrogen-bond donors (Lipinski definition) is 1. The molecule has 0 amide bonds. The number of halogens is 1. The van der Waals surface area contributed by atoms with Gasteiger partial charge in [0.25, 0.3) is 0 Å². The first-order chi connectivity index (χ1) is 11.2. The molecule has 3 aromatic rings. The first-order valence-electron chi connectivity index (χ1n) is 7.85. The summed E-state index contributed by atoms with van der Waals surface area (Å²) in [7, 11) is 0. The number of thiophene rings is 1. The van der Waals surface area contributed by atoms with Gasteiger partial charge in [0.2, 0.25) is 5.89 Å². The Kier molecular flexibility index (Phi) is 4.83. The highest BCUT2D eigenvalue weighted by molar-refractivity contribution is 7.13. The van der Waals surface area contributed by atoms with Gasteiger partial charge in [-0.2, -0.15) is 0 Å². The van der Waals surface area contributed by atoms with Gasteiger partial charge in [0.15, 0.2) is 0 Å². The van der Waals surface area contributed by atoms with E-state index >= 15 is 0 Å². The van der Waals surface area contributed by atoms with Crippen molar-refractivity contribution in [1.29, 1.82) is 0 Å². The molecule has 1 aromatic carbocycles. The van der Waals surface area contributed by atoms with E-state index in [9.17, 15) is 0 Å². The Hall–Kier alpha value is -1.98. The maximum Gasteiger partial charge on any atom is 0.236 e. The Morgan fingerprint density at radius 3 is 2.96 bits per heavy atom. The van der Waals surface area contributed by atoms with Crippen molar-refractivity contribution in [3.63, 3.8) is 0 Å². The number of oxazole rings is 1. The molecule has 126 valence electrons. The van der Waals surface area contributed by atoms with Crippen molar-refractivity contribution in [2.24, 2.45) is 0 Å². The van der Waals surface area contributed by atoms with Crippen LogP contribution < -0.4 is 10.6 Å². The normalized spacial score (nSPS) is 13.5. The van der Waals surface area contributed by atoms with Crippen LogP contribution in [0.15, 0.2) is 40.1 Å². The van der Waals surface area contributed by atoms with Crippen molar-refractivity contribution in [3.8, 4) is 10.8 Å². The SMILES string of the molecule is Cc1oc(-c2cccs2)nc1CN1CCCc2c(N)cccc21.Cl. The van der Waals surface area contributed by atoms with E-state index in [0.29, 0.717) is 0 Å². The van der Waals surface area contributed by atoms with Crippen LogP contribution in [0.5, 0.6) is 0 Å². The van der Waals surface area contributed by atoms with E-state index in [0.717, 1.165) is 53.8 Å². The molecular weight excluding hydrogens is 342 g/mol. The molecule has 4 rings (SSSR count). The summed E-state index contributed by atoms with van der Waals surface area (Å²) in [5.41, 5.74) is 10.5. The van der Waals surface area contributed by atoms with Crippen LogP contribution in [0.3, 0.4) is 0 Å². The van der Waals surface area contributed by atoms with Gasteiger partial charge in [-0.05, 0) is 48.9 Å².